The first-order valence-corrected chi connectivity index (χ1v) is 9.94. The molecule has 0 radical (unpaired) electrons. The van der Waals surface area contributed by atoms with Gasteiger partial charge in [0.05, 0.1) is 5.56 Å². The second-order valence-electron chi connectivity index (χ2n) is 7.76. The van der Waals surface area contributed by atoms with Gasteiger partial charge in [0.2, 0.25) is 0 Å². The zero-order valence-corrected chi connectivity index (χ0v) is 17.8. The van der Waals surface area contributed by atoms with E-state index >= 15 is 0 Å². The first kappa shape index (κ1) is 22.2. The highest BCUT2D eigenvalue weighted by atomic mass is 19.1. The first-order chi connectivity index (χ1) is 14.7. The summed E-state index contributed by atoms with van der Waals surface area (Å²) >= 11 is 0. The van der Waals surface area contributed by atoms with Gasteiger partial charge in [-0.25, -0.2) is 14.0 Å². The molecule has 31 heavy (non-hydrogen) atoms. The molecule has 0 aliphatic carbocycles. The van der Waals surface area contributed by atoms with E-state index in [0.717, 1.165) is 11.1 Å². The number of rotatable bonds is 6. The minimum absolute atomic E-state index is 0.154. The minimum atomic E-state index is -0.984. The number of aryl methyl sites for hydroxylation is 2. The van der Waals surface area contributed by atoms with E-state index in [-0.39, 0.29) is 18.1 Å². The second kappa shape index (κ2) is 9.12. The molecule has 0 unspecified atom stereocenters. The Kier molecular flexibility index (Phi) is 6.53. The minimum Gasteiger partial charge on any atom is -0.459 e. The van der Waals surface area contributed by atoms with Crippen molar-refractivity contribution in [3.05, 3.63) is 81.0 Å². The van der Waals surface area contributed by atoms with Crippen LogP contribution < -0.4 is 10.9 Å². The molecule has 1 amide bonds. The number of ether oxygens (including phenoxy) is 1. The van der Waals surface area contributed by atoms with Gasteiger partial charge in [0, 0.05) is 17.0 Å². The van der Waals surface area contributed by atoms with Crippen LogP contribution in [0.5, 0.6) is 0 Å². The number of nitrogens with one attached hydrogen (secondary N) is 1. The fourth-order valence-electron chi connectivity index (χ4n) is 3.24. The molecule has 1 N–H and O–H groups in total. The van der Waals surface area contributed by atoms with Gasteiger partial charge in [-0.15, -0.1) is 0 Å². The maximum atomic E-state index is 13.9. The Bertz CT molecular complexity index is 1200. The standard InChI is InChI=1S/C24H24FNO5/c1-13(2)21(26-23(28)18-7-5-6-8-19(18)25)24(29)30-12-16-11-20(27)31-22-15(4)14(3)9-10-17(16)22/h5-11,13,21H,12H2,1-4H3,(H,26,28)/t21-/m1/s1. The van der Waals surface area contributed by atoms with E-state index in [4.69, 9.17) is 9.15 Å². The molecular formula is C24H24FNO5. The van der Waals surface area contributed by atoms with Crippen molar-refractivity contribution >= 4 is 22.8 Å². The summed E-state index contributed by atoms with van der Waals surface area (Å²) in [5.74, 6) is -2.36. The summed E-state index contributed by atoms with van der Waals surface area (Å²) in [5.41, 5.74) is 2.07. The summed E-state index contributed by atoms with van der Waals surface area (Å²) in [6.07, 6.45) is 0. The molecule has 0 saturated carbocycles. The van der Waals surface area contributed by atoms with Crippen LogP contribution in [0.3, 0.4) is 0 Å². The van der Waals surface area contributed by atoms with Crippen molar-refractivity contribution < 1.29 is 23.1 Å². The number of carbonyl (C=O) groups excluding carboxylic acids is 2. The third-order valence-corrected chi connectivity index (χ3v) is 5.21. The van der Waals surface area contributed by atoms with Crippen LogP contribution in [0.1, 0.15) is 40.9 Å². The SMILES string of the molecule is Cc1ccc2c(COC(=O)[C@H](NC(=O)c3ccccc3F)C(C)C)cc(=O)oc2c1C. The lowest BCUT2D eigenvalue weighted by Crippen LogP contribution is -2.45. The molecule has 0 aliphatic heterocycles. The number of hydrogen-bond donors (Lipinski definition) is 1. The Balaban J connectivity index is 1.80. The van der Waals surface area contributed by atoms with E-state index in [0.29, 0.717) is 16.5 Å². The molecular weight excluding hydrogens is 401 g/mol. The number of esters is 1. The summed E-state index contributed by atoms with van der Waals surface area (Å²) in [5, 5.41) is 3.21. The molecule has 3 aromatic rings. The van der Waals surface area contributed by atoms with E-state index in [2.05, 4.69) is 5.32 Å². The number of hydrogen-bond acceptors (Lipinski definition) is 5. The highest BCUT2D eigenvalue weighted by molar-refractivity contribution is 5.97. The van der Waals surface area contributed by atoms with Crippen molar-refractivity contribution in [3.63, 3.8) is 0 Å². The lowest BCUT2D eigenvalue weighted by atomic mass is 10.0. The van der Waals surface area contributed by atoms with Gasteiger partial charge in [-0.1, -0.05) is 38.1 Å². The molecule has 2 aromatic carbocycles. The molecule has 0 spiro atoms. The molecule has 1 heterocycles. The number of carbonyl (C=O) groups is 2. The highest BCUT2D eigenvalue weighted by Crippen LogP contribution is 2.24. The van der Waals surface area contributed by atoms with Gasteiger partial charge in [-0.05, 0) is 43.0 Å². The van der Waals surface area contributed by atoms with E-state index in [1.165, 1.54) is 30.3 Å². The van der Waals surface area contributed by atoms with Crippen LogP contribution in [0.15, 0.2) is 51.7 Å². The maximum Gasteiger partial charge on any atom is 0.336 e. The van der Waals surface area contributed by atoms with Gasteiger partial charge in [-0.3, -0.25) is 4.79 Å². The molecule has 1 aromatic heterocycles. The molecule has 3 rings (SSSR count). The summed E-state index contributed by atoms with van der Waals surface area (Å²) in [7, 11) is 0. The lowest BCUT2D eigenvalue weighted by Gasteiger charge is -2.21. The van der Waals surface area contributed by atoms with Crippen LogP contribution in [0.4, 0.5) is 4.39 Å². The van der Waals surface area contributed by atoms with E-state index in [1.807, 2.05) is 26.0 Å². The average Bonchev–Trinajstić information content (AvgIpc) is 2.73. The Morgan fingerprint density at radius 3 is 2.52 bits per heavy atom. The normalized spacial score (nSPS) is 12.1. The zero-order chi connectivity index (χ0) is 22.7. The fraction of sp³-hybridized carbons (Fsp3) is 0.292. The molecule has 1 atom stereocenters. The van der Waals surface area contributed by atoms with Crippen molar-refractivity contribution in [2.45, 2.75) is 40.3 Å². The third-order valence-electron chi connectivity index (χ3n) is 5.21. The Labute approximate surface area is 179 Å². The average molecular weight is 425 g/mol. The molecule has 0 saturated heterocycles. The Morgan fingerprint density at radius 1 is 1.13 bits per heavy atom. The second-order valence-corrected chi connectivity index (χ2v) is 7.76. The van der Waals surface area contributed by atoms with Gasteiger partial charge in [-0.2, -0.15) is 0 Å². The molecule has 0 fully saturated rings. The maximum absolute atomic E-state index is 13.9. The fourth-order valence-corrected chi connectivity index (χ4v) is 3.24. The van der Waals surface area contributed by atoms with E-state index in [9.17, 15) is 18.8 Å². The molecule has 7 heteroatoms. The lowest BCUT2D eigenvalue weighted by molar-refractivity contribution is -0.148. The van der Waals surface area contributed by atoms with Gasteiger partial charge >= 0.3 is 11.6 Å². The van der Waals surface area contributed by atoms with Crippen molar-refractivity contribution in [1.82, 2.24) is 5.32 Å². The predicted octanol–water partition coefficient (Wildman–Crippen LogP) is 4.05. The topological polar surface area (TPSA) is 85.6 Å². The molecule has 162 valence electrons. The summed E-state index contributed by atoms with van der Waals surface area (Å²) in [6, 6.07) is 9.54. The summed E-state index contributed by atoms with van der Waals surface area (Å²) < 4.78 is 24.6. The van der Waals surface area contributed by atoms with Crippen molar-refractivity contribution in [2.24, 2.45) is 5.92 Å². The van der Waals surface area contributed by atoms with Gasteiger partial charge in [0.25, 0.3) is 5.91 Å². The van der Waals surface area contributed by atoms with Crippen molar-refractivity contribution in [3.8, 4) is 0 Å². The largest absolute Gasteiger partial charge is 0.459 e. The Morgan fingerprint density at radius 2 is 1.84 bits per heavy atom. The number of amides is 1. The quantitative estimate of drug-likeness (QED) is 0.476. The van der Waals surface area contributed by atoms with Crippen molar-refractivity contribution in [1.29, 1.82) is 0 Å². The van der Waals surface area contributed by atoms with Crippen LogP contribution in [-0.4, -0.2) is 17.9 Å². The van der Waals surface area contributed by atoms with Crippen molar-refractivity contribution in [2.75, 3.05) is 0 Å². The third kappa shape index (κ3) is 4.82. The smallest absolute Gasteiger partial charge is 0.336 e. The van der Waals surface area contributed by atoms with E-state index in [1.54, 1.807) is 13.8 Å². The van der Waals surface area contributed by atoms with Crippen LogP contribution in [0.25, 0.3) is 11.0 Å². The number of benzene rings is 2. The van der Waals surface area contributed by atoms with Gasteiger partial charge < -0.3 is 14.5 Å². The van der Waals surface area contributed by atoms with Crippen LogP contribution in [0.2, 0.25) is 0 Å². The highest BCUT2D eigenvalue weighted by Gasteiger charge is 2.27. The zero-order valence-electron chi connectivity index (χ0n) is 17.8. The molecule has 0 bridgehead atoms. The Hall–Kier alpha value is -3.48. The predicted molar refractivity (Wildman–Crippen MR) is 114 cm³/mol. The summed E-state index contributed by atoms with van der Waals surface area (Å²) in [4.78, 5) is 37.1. The summed E-state index contributed by atoms with van der Waals surface area (Å²) in [6.45, 7) is 7.08. The first-order valence-electron chi connectivity index (χ1n) is 9.94. The number of fused-ring (bicyclic) bond motifs is 1. The number of halogens is 1. The van der Waals surface area contributed by atoms with Crippen LogP contribution in [0, 0.1) is 25.6 Å². The van der Waals surface area contributed by atoms with Crippen LogP contribution in [-0.2, 0) is 16.1 Å². The monoisotopic (exact) mass is 425 g/mol. The van der Waals surface area contributed by atoms with Gasteiger partial charge in [0.15, 0.2) is 0 Å². The molecule has 0 aliphatic rings. The molecule has 6 nitrogen and oxygen atoms in total. The van der Waals surface area contributed by atoms with Crippen LogP contribution >= 0.6 is 0 Å². The van der Waals surface area contributed by atoms with E-state index < -0.39 is 29.4 Å². The van der Waals surface area contributed by atoms with Gasteiger partial charge in [0.1, 0.15) is 24.0 Å².